The van der Waals surface area contributed by atoms with Gasteiger partial charge in [-0.25, -0.2) is 4.79 Å². The zero-order chi connectivity index (χ0) is 20.1. The summed E-state index contributed by atoms with van der Waals surface area (Å²) in [4.78, 5) is 12.8. The summed E-state index contributed by atoms with van der Waals surface area (Å²) < 4.78 is 17.2. The Morgan fingerprint density at radius 2 is 1.83 bits per heavy atom. The molecular weight excluding hydrogens is 370 g/mol. The van der Waals surface area contributed by atoms with Crippen LogP contribution in [-0.4, -0.2) is 35.3 Å². The molecule has 2 atom stereocenters. The molecule has 2 heterocycles. The minimum Gasteiger partial charge on any atom is -0.472 e. The number of nitrogens with zero attached hydrogens (tertiary/aromatic N) is 1. The number of amides is 1. The van der Waals surface area contributed by atoms with Crippen molar-refractivity contribution in [2.24, 2.45) is 0 Å². The van der Waals surface area contributed by atoms with Crippen LogP contribution in [0.2, 0.25) is 0 Å². The maximum Gasteiger partial charge on any atom is 0.407 e. The topological polar surface area (TPSA) is 72.1 Å². The Kier molecular flexibility index (Phi) is 5.81. The molecule has 0 spiro atoms. The van der Waals surface area contributed by atoms with Gasteiger partial charge in [-0.05, 0) is 47.9 Å². The Morgan fingerprint density at radius 1 is 1.07 bits per heavy atom. The third kappa shape index (κ3) is 4.78. The quantitative estimate of drug-likeness (QED) is 0.629. The molecular formula is C23H23NO5. The number of benzene rings is 2. The molecule has 0 bridgehead atoms. The van der Waals surface area contributed by atoms with Crippen LogP contribution in [0.5, 0.6) is 11.5 Å². The molecule has 0 radical (unpaired) electrons. The Labute approximate surface area is 169 Å². The molecule has 29 heavy (non-hydrogen) atoms. The van der Waals surface area contributed by atoms with Crippen molar-refractivity contribution in [3.8, 4) is 11.5 Å². The van der Waals surface area contributed by atoms with E-state index in [9.17, 15) is 9.90 Å². The molecule has 6 nitrogen and oxygen atoms in total. The highest BCUT2D eigenvalue weighted by Crippen LogP contribution is 2.31. The van der Waals surface area contributed by atoms with Gasteiger partial charge in [0.05, 0.1) is 31.8 Å². The molecule has 150 valence electrons. The zero-order valence-electron chi connectivity index (χ0n) is 15.9. The van der Waals surface area contributed by atoms with Crippen LogP contribution in [0.4, 0.5) is 4.79 Å². The zero-order valence-corrected chi connectivity index (χ0v) is 15.9. The smallest absolute Gasteiger partial charge is 0.407 e. The fourth-order valence-electron chi connectivity index (χ4n) is 3.61. The monoisotopic (exact) mass is 393 g/mol. The summed E-state index contributed by atoms with van der Waals surface area (Å²) in [6.07, 6.45) is 2.93. The maximum absolute atomic E-state index is 11.4. The molecule has 3 aromatic rings. The lowest BCUT2D eigenvalue weighted by atomic mass is 9.88. The third-order valence-electron chi connectivity index (χ3n) is 5.17. The number of hydrogen-bond donors (Lipinski definition) is 1. The molecule has 1 aromatic heterocycles. The van der Waals surface area contributed by atoms with E-state index < -0.39 is 6.09 Å². The van der Waals surface area contributed by atoms with E-state index in [0.29, 0.717) is 26.1 Å². The molecule has 1 saturated heterocycles. The Balaban J connectivity index is 1.39. The second kappa shape index (κ2) is 8.84. The van der Waals surface area contributed by atoms with Crippen LogP contribution in [0.25, 0.3) is 0 Å². The van der Waals surface area contributed by atoms with E-state index in [1.165, 1.54) is 4.90 Å². The number of piperidine rings is 1. The highest BCUT2D eigenvalue weighted by atomic mass is 16.5. The van der Waals surface area contributed by atoms with Crippen molar-refractivity contribution in [1.82, 2.24) is 4.90 Å². The molecule has 1 N–H and O–H groups in total. The van der Waals surface area contributed by atoms with Crippen LogP contribution in [0.15, 0.2) is 77.6 Å². The summed E-state index contributed by atoms with van der Waals surface area (Å²) in [5.41, 5.74) is 2.05. The number of rotatable bonds is 6. The lowest BCUT2D eigenvalue weighted by molar-refractivity contribution is -0.0200. The fraction of sp³-hybridized carbons (Fsp3) is 0.261. The minimum atomic E-state index is -0.911. The highest BCUT2D eigenvalue weighted by molar-refractivity contribution is 5.65. The van der Waals surface area contributed by atoms with E-state index in [1.54, 1.807) is 12.5 Å². The molecule has 0 aliphatic carbocycles. The number of furan rings is 1. The number of para-hydroxylation sites is 1. The Bertz CT molecular complexity index is 908. The van der Waals surface area contributed by atoms with Crippen LogP contribution in [0.3, 0.4) is 0 Å². The first-order chi connectivity index (χ1) is 14.2. The lowest BCUT2D eigenvalue weighted by Crippen LogP contribution is -2.46. The summed E-state index contributed by atoms with van der Waals surface area (Å²) in [7, 11) is 0. The van der Waals surface area contributed by atoms with Gasteiger partial charge in [0.2, 0.25) is 0 Å². The second-order valence-corrected chi connectivity index (χ2v) is 7.09. The van der Waals surface area contributed by atoms with Gasteiger partial charge in [0.25, 0.3) is 0 Å². The van der Waals surface area contributed by atoms with Crippen molar-refractivity contribution >= 4 is 6.09 Å². The average molecular weight is 393 g/mol. The molecule has 4 rings (SSSR count). The number of ether oxygens (including phenoxy) is 2. The van der Waals surface area contributed by atoms with Crippen LogP contribution < -0.4 is 4.74 Å². The van der Waals surface area contributed by atoms with Crippen LogP contribution in [0.1, 0.15) is 23.5 Å². The number of carbonyl (C=O) groups is 1. The first-order valence-corrected chi connectivity index (χ1v) is 9.62. The summed E-state index contributed by atoms with van der Waals surface area (Å²) in [5.74, 6) is 1.66. The van der Waals surface area contributed by atoms with E-state index in [1.807, 2.05) is 60.7 Å². The van der Waals surface area contributed by atoms with E-state index in [0.717, 1.165) is 22.6 Å². The van der Waals surface area contributed by atoms with E-state index in [2.05, 4.69) is 0 Å². The molecule has 6 heteroatoms. The van der Waals surface area contributed by atoms with Gasteiger partial charge in [-0.1, -0.05) is 30.3 Å². The second-order valence-electron chi connectivity index (χ2n) is 7.09. The van der Waals surface area contributed by atoms with Crippen LogP contribution in [0, 0.1) is 0 Å². The number of likely N-dealkylation sites (tertiary alicyclic amines) is 1. The van der Waals surface area contributed by atoms with Gasteiger partial charge in [-0.2, -0.15) is 0 Å². The van der Waals surface area contributed by atoms with Crippen molar-refractivity contribution in [3.05, 3.63) is 84.3 Å². The largest absolute Gasteiger partial charge is 0.472 e. The summed E-state index contributed by atoms with van der Waals surface area (Å²) >= 11 is 0. The van der Waals surface area contributed by atoms with E-state index in [-0.39, 0.29) is 12.0 Å². The van der Waals surface area contributed by atoms with Crippen molar-refractivity contribution in [2.45, 2.75) is 25.0 Å². The summed E-state index contributed by atoms with van der Waals surface area (Å²) in [6.45, 7) is 1.25. The molecule has 1 aliphatic rings. The van der Waals surface area contributed by atoms with Gasteiger partial charge in [-0.3, -0.25) is 0 Å². The Morgan fingerprint density at radius 3 is 2.52 bits per heavy atom. The molecule has 1 amide bonds. The van der Waals surface area contributed by atoms with Crippen molar-refractivity contribution in [2.75, 3.05) is 13.1 Å². The molecule has 1 fully saturated rings. The predicted molar refractivity (Wildman–Crippen MR) is 107 cm³/mol. The highest BCUT2D eigenvalue weighted by Gasteiger charge is 2.33. The lowest BCUT2D eigenvalue weighted by Gasteiger charge is -2.36. The molecule has 0 saturated carbocycles. The van der Waals surface area contributed by atoms with Crippen molar-refractivity contribution < 1.29 is 23.8 Å². The van der Waals surface area contributed by atoms with Gasteiger partial charge >= 0.3 is 6.09 Å². The summed E-state index contributed by atoms with van der Waals surface area (Å²) in [6, 6.07) is 19.3. The van der Waals surface area contributed by atoms with Gasteiger partial charge < -0.3 is 23.9 Å². The van der Waals surface area contributed by atoms with Crippen LogP contribution >= 0.6 is 0 Å². The minimum absolute atomic E-state index is 0.116. The van der Waals surface area contributed by atoms with Crippen molar-refractivity contribution in [1.29, 1.82) is 0 Å². The standard InChI is InChI=1S/C23H23NO5/c25-23(26)24-12-10-21(18-11-13-27-16-18)22(14-24)28-15-17-6-8-20(9-7-17)29-19-4-2-1-3-5-19/h1-9,11,13,16,21-22H,10,12,14-15H2,(H,25,26). The number of hydrogen-bond acceptors (Lipinski definition) is 4. The predicted octanol–water partition coefficient (Wildman–Crippen LogP) is 5.12. The average Bonchev–Trinajstić information content (AvgIpc) is 3.28. The third-order valence-corrected chi connectivity index (χ3v) is 5.17. The first-order valence-electron chi connectivity index (χ1n) is 9.62. The first kappa shape index (κ1) is 19.1. The normalized spacial score (nSPS) is 19.1. The SMILES string of the molecule is O=C(O)N1CCC(c2ccoc2)C(OCc2ccc(Oc3ccccc3)cc2)C1. The van der Waals surface area contributed by atoms with Crippen LogP contribution in [-0.2, 0) is 11.3 Å². The van der Waals surface area contributed by atoms with Gasteiger partial charge in [0.15, 0.2) is 0 Å². The van der Waals surface area contributed by atoms with Crippen molar-refractivity contribution in [3.63, 3.8) is 0 Å². The van der Waals surface area contributed by atoms with E-state index in [4.69, 9.17) is 13.9 Å². The summed E-state index contributed by atoms with van der Waals surface area (Å²) in [5, 5.41) is 9.35. The molecule has 1 aliphatic heterocycles. The van der Waals surface area contributed by atoms with E-state index >= 15 is 0 Å². The maximum atomic E-state index is 11.4. The number of carboxylic acid groups (broad SMARTS) is 1. The Hall–Kier alpha value is -3.25. The fourth-order valence-corrected chi connectivity index (χ4v) is 3.61. The van der Waals surface area contributed by atoms with Gasteiger partial charge in [0, 0.05) is 12.5 Å². The molecule has 2 aromatic carbocycles. The molecule has 2 unspecified atom stereocenters. The van der Waals surface area contributed by atoms with Gasteiger partial charge in [0.1, 0.15) is 11.5 Å². The van der Waals surface area contributed by atoms with Gasteiger partial charge in [-0.15, -0.1) is 0 Å².